The summed E-state index contributed by atoms with van der Waals surface area (Å²) in [7, 11) is 0. The van der Waals surface area contributed by atoms with E-state index in [2.05, 4.69) is 43.2 Å². The van der Waals surface area contributed by atoms with Crippen molar-refractivity contribution in [3.8, 4) is 11.8 Å². The molecule has 2 aliphatic rings. The quantitative estimate of drug-likeness (QED) is 0.172. The minimum Gasteiger partial charge on any atom is -0.439 e. The van der Waals surface area contributed by atoms with Crippen molar-refractivity contribution in [3.05, 3.63) is 92.2 Å². The van der Waals surface area contributed by atoms with Crippen LogP contribution in [-0.4, -0.2) is 15.9 Å². The highest BCUT2D eigenvalue weighted by atomic mass is 79.9. The Bertz CT molecular complexity index is 1930. The molecule has 0 saturated heterocycles. The van der Waals surface area contributed by atoms with Crippen LogP contribution < -0.4 is 15.8 Å². The lowest BCUT2D eigenvalue weighted by Gasteiger charge is -2.35. The lowest BCUT2D eigenvalue weighted by atomic mass is 9.68. The predicted octanol–water partition coefficient (Wildman–Crippen LogP) is 5.79. The van der Waals surface area contributed by atoms with Gasteiger partial charge in [0.15, 0.2) is 0 Å². The Morgan fingerprint density at radius 2 is 1.64 bits per heavy atom. The highest BCUT2D eigenvalue weighted by Gasteiger charge is 2.58. The summed E-state index contributed by atoms with van der Waals surface area (Å²) in [5.41, 5.74) is 8.83. The molecule has 1 spiro atoms. The van der Waals surface area contributed by atoms with E-state index < -0.39 is 11.3 Å². The lowest BCUT2D eigenvalue weighted by Crippen LogP contribution is -2.42. The van der Waals surface area contributed by atoms with Gasteiger partial charge in [-0.1, -0.05) is 52.3 Å². The largest absolute Gasteiger partial charge is 0.439 e. The van der Waals surface area contributed by atoms with E-state index in [4.69, 9.17) is 20.4 Å². The van der Waals surface area contributed by atoms with Crippen molar-refractivity contribution >= 4 is 76.3 Å². The van der Waals surface area contributed by atoms with Crippen molar-refractivity contribution in [1.82, 2.24) is 9.97 Å². The van der Waals surface area contributed by atoms with Gasteiger partial charge in [0, 0.05) is 30.8 Å². The number of fused-ring (bicyclic) bond motifs is 10. The fourth-order valence-corrected chi connectivity index (χ4v) is 6.70. The topological polar surface area (TPSA) is 114 Å². The highest BCUT2D eigenvalue weighted by Crippen LogP contribution is 2.58. The van der Waals surface area contributed by atoms with Crippen molar-refractivity contribution in [2.24, 2.45) is 5.73 Å². The molecule has 0 saturated carbocycles. The normalized spacial score (nSPS) is 18.3. The first-order valence-electron chi connectivity index (χ1n) is 11.0. The Hall–Kier alpha value is -4.00. The van der Waals surface area contributed by atoms with E-state index in [9.17, 15) is 10.1 Å². The van der Waals surface area contributed by atoms with Gasteiger partial charge in [0.05, 0.1) is 27.8 Å². The summed E-state index contributed by atoms with van der Waals surface area (Å²) in [6.07, 6.45) is 0. The Morgan fingerprint density at radius 3 is 2.36 bits per heavy atom. The van der Waals surface area contributed by atoms with E-state index in [1.807, 2.05) is 60.7 Å². The number of nitrogens with one attached hydrogen (secondary N) is 1. The number of hydrogen-bond acceptors (Lipinski definition) is 6. The number of amides is 1. The number of rotatable bonds is 0. The predicted molar refractivity (Wildman–Crippen MR) is 143 cm³/mol. The third kappa shape index (κ3) is 2.52. The molecule has 4 aromatic carbocycles. The number of nitrogens with zero attached hydrogens (tertiary/aromatic N) is 3. The number of para-hydroxylation sites is 2. The molecule has 36 heavy (non-hydrogen) atoms. The summed E-state index contributed by atoms with van der Waals surface area (Å²) in [6.45, 7) is 0. The molecule has 7 nitrogen and oxygen atoms in total. The summed E-state index contributed by atoms with van der Waals surface area (Å²) < 4.78 is 7.54. The average Bonchev–Trinajstić information content (AvgIpc) is 3.15. The molecule has 0 bridgehead atoms. The number of benzene rings is 4. The highest BCUT2D eigenvalue weighted by molar-refractivity contribution is 9.11. The van der Waals surface area contributed by atoms with Crippen molar-refractivity contribution in [2.75, 3.05) is 5.32 Å². The monoisotopic (exact) mass is 597 g/mol. The Kier molecular flexibility index (Phi) is 4.29. The van der Waals surface area contributed by atoms with Crippen LogP contribution in [0.2, 0.25) is 0 Å². The zero-order valence-corrected chi connectivity index (χ0v) is 21.4. The molecular formula is C27H13Br2N5O2. The van der Waals surface area contributed by atoms with Crippen molar-refractivity contribution in [3.63, 3.8) is 0 Å². The van der Waals surface area contributed by atoms with Gasteiger partial charge in [0.2, 0.25) is 11.8 Å². The first-order chi connectivity index (χ1) is 17.4. The van der Waals surface area contributed by atoms with Gasteiger partial charge in [0.1, 0.15) is 22.8 Å². The van der Waals surface area contributed by atoms with Crippen LogP contribution in [0.4, 0.5) is 5.69 Å². The van der Waals surface area contributed by atoms with Gasteiger partial charge in [-0.2, -0.15) is 5.26 Å². The number of carbonyl (C=O) groups is 1. The van der Waals surface area contributed by atoms with Crippen molar-refractivity contribution in [1.29, 1.82) is 5.26 Å². The van der Waals surface area contributed by atoms with Gasteiger partial charge in [-0.05, 0) is 40.2 Å². The van der Waals surface area contributed by atoms with Crippen LogP contribution in [0.15, 0.2) is 81.1 Å². The summed E-state index contributed by atoms with van der Waals surface area (Å²) in [5, 5.41) is 14.9. The Balaban J connectivity index is 1.79. The van der Waals surface area contributed by atoms with E-state index in [1.165, 1.54) is 0 Å². The number of halogens is 2. The van der Waals surface area contributed by atoms with Gasteiger partial charge in [0.25, 0.3) is 0 Å². The fourth-order valence-electron chi connectivity index (χ4n) is 5.38. The zero-order valence-electron chi connectivity index (χ0n) is 18.3. The maximum Gasteiger partial charge on any atom is 0.245 e. The zero-order chi connectivity index (χ0) is 24.8. The fraction of sp³-hybridized carbons (Fsp3) is 0.0370. The van der Waals surface area contributed by atoms with Crippen LogP contribution in [0, 0.1) is 11.3 Å². The number of ether oxygens (including phenoxy) is 1. The number of nitrogens with two attached hydrogens (primary N) is 1. The van der Waals surface area contributed by atoms with Gasteiger partial charge >= 0.3 is 0 Å². The second-order valence-electron chi connectivity index (χ2n) is 8.63. The maximum absolute atomic E-state index is 14.1. The first kappa shape index (κ1) is 21.3. The van der Waals surface area contributed by atoms with E-state index in [-0.39, 0.29) is 11.5 Å². The molecule has 1 aromatic heterocycles. The molecule has 1 amide bonds. The van der Waals surface area contributed by atoms with Crippen LogP contribution in [0.25, 0.3) is 32.8 Å². The van der Waals surface area contributed by atoms with Crippen molar-refractivity contribution in [2.45, 2.75) is 5.41 Å². The van der Waals surface area contributed by atoms with Gasteiger partial charge in [-0.15, -0.1) is 0 Å². The number of carbonyl (C=O) groups excluding carboxylic acids is 1. The molecule has 0 fully saturated rings. The molecular weight excluding hydrogens is 586 g/mol. The third-order valence-electron chi connectivity index (χ3n) is 6.82. The van der Waals surface area contributed by atoms with Gasteiger partial charge in [-0.3, -0.25) is 4.79 Å². The molecule has 0 radical (unpaired) electrons. The molecule has 1 atom stereocenters. The average molecular weight is 599 g/mol. The van der Waals surface area contributed by atoms with Crippen LogP contribution in [-0.2, 0) is 10.2 Å². The minimum absolute atomic E-state index is 0.00258. The number of aromatic nitrogens is 2. The molecule has 3 heterocycles. The minimum atomic E-state index is -1.59. The summed E-state index contributed by atoms with van der Waals surface area (Å²) in [5.74, 6) is -0.146. The van der Waals surface area contributed by atoms with Crippen LogP contribution >= 0.6 is 31.9 Å². The van der Waals surface area contributed by atoms with Crippen molar-refractivity contribution < 1.29 is 9.53 Å². The molecule has 5 aromatic rings. The van der Waals surface area contributed by atoms with Crippen LogP contribution in [0.3, 0.4) is 0 Å². The smallest absolute Gasteiger partial charge is 0.245 e. The van der Waals surface area contributed by atoms with E-state index in [0.29, 0.717) is 43.6 Å². The molecule has 172 valence electrons. The van der Waals surface area contributed by atoms with Crippen LogP contribution in [0.5, 0.6) is 5.75 Å². The SMILES string of the molecule is N#CC1=C(N)Oc2c(c3nc4ccccc4nc3c3ccccc23)C12C(=O)Nc1c(Br)cc(Br)cc12. The molecule has 0 aliphatic carbocycles. The van der Waals surface area contributed by atoms with E-state index in [0.717, 1.165) is 20.8 Å². The number of anilines is 1. The summed E-state index contributed by atoms with van der Waals surface area (Å²) in [6, 6.07) is 21.0. The number of hydrogen-bond donors (Lipinski definition) is 2. The second-order valence-corrected chi connectivity index (χ2v) is 10.4. The first-order valence-corrected chi connectivity index (χ1v) is 12.5. The molecule has 7 rings (SSSR count). The molecule has 9 heteroatoms. The Morgan fingerprint density at radius 1 is 0.972 bits per heavy atom. The third-order valence-corrected chi connectivity index (χ3v) is 7.90. The standard InChI is InChI=1S/C27H13Br2N5O2/c28-12-9-15-22(17(29)10-12)34-26(35)27(15)16(11-30)25(31)36-24-14-6-2-1-5-13(14)21-23(20(24)27)33-19-8-4-3-7-18(19)32-21/h1-10H,31H2,(H,34,35). The second kappa shape index (κ2) is 7.26. The van der Waals surface area contributed by atoms with E-state index >= 15 is 0 Å². The van der Waals surface area contributed by atoms with E-state index in [1.54, 1.807) is 0 Å². The Labute approximate surface area is 220 Å². The van der Waals surface area contributed by atoms with Crippen LogP contribution in [0.1, 0.15) is 11.1 Å². The molecule has 1 unspecified atom stereocenters. The van der Waals surface area contributed by atoms with Gasteiger partial charge < -0.3 is 15.8 Å². The lowest BCUT2D eigenvalue weighted by molar-refractivity contribution is -0.118. The molecule has 2 aliphatic heterocycles. The van der Waals surface area contributed by atoms with Gasteiger partial charge in [-0.25, -0.2) is 9.97 Å². The summed E-state index contributed by atoms with van der Waals surface area (Å²) >= 11 is 7.11. The summed E-state index contributed by atoms with van der Waals surface area (Å²) in [4.78, 5) is 24.0. The maximum atomic E-state index is 14.1. The molecule has 3 N–H and O–H groups in total. The number of nitriles is 1.